The molecule has 2 atom stereocenters. The maximum absolute atomic E-state index is 12.0. The third-order valence-corrected chi connectivity index (χ3v) is 6.28. The van der Waals surface area contributed by atoms with Crippen molar-refractivity contribution in [3.8, 4) is 0 Å². The number of carbonyl (C=O) groups excluding carboxylic acids is 1. The van der Waals surface area contributed by atoms with E-state index in [9.17, 15) is 18.3 Å². The van der Waals surface area contributed by atoms with Crippen LogP contribution in [0.15, 0.2) is 18.2 Å². The Morgan fingerprint density at radius 1 is 1.12 bits per heavy atom. The molecule has 1 aromatic heterocycles. The molecule has 1 aromatic carbocycles. The number of nitrogens with one attached hydrogen (secondary N) is 2. The summed E-state index contributed by atoms with van der Waals surface area (Å²) in [5.74, 6) is 1.09. The molecule has 2 aromatic rings. The molecular formula is C23H34N6O4S. The lowest BCUT2D eigenvalue weighted by Gasteiger charge is -2.26. The lowest BCUT2D eigenvalue weighted by atomic mass is 9.91. The van der Waals surface area contributed by atoms with Gasteiger partial charge >= 0.3 is 0 Å². The van der Waals surface area contributed by atoms with Gasteiger partial charge in [0.25, 0.3) is 0 Å². The number of rotatable bonds is 10. The highest BCUT2D eigenvalue weighted by Gasteiger charge is 2.22. The van der Waals surface area contributed by atoms with Crippen molar-refractivity contribution in [2.75, 3.05) is 29.9 Å². The second kappa shape index (κ2) is 10.6. The molecule has 0 aliphatic carbocycles. The van der Waals surface area contributed by atoms with E-state index < -0.39 is 10.0 Å². The fourth-order valence-electron chi connectivity index (χ4n) is 4.02. The molecule has 0 bridgehead atoms. The lowest BCUT2D eigenvalue weighted by molar-refractivity contribution is -0.130. The van der Waals surface area contributed by atoms with Crippen LogP contribution in [0, 0.1) is 5.92 Å². The standard InChI is InChI=1S/C23H34N6O4S/c1-14(2)8-19(13-30)24-22-25-20(26-23(27-22)28-34(5,32)33)9-15(3)16-6-7-17-11-21(31)29(4)12-18(17)10-16/h6-7,10,14-15,19,30H,8-9,11-13H2,1-5H3,(H2,24,25,26,27,28). The largest absolute Gasteiger partial charge is 0.394 e. The van der Waals surface area contributed by atoms with E-state index >= 15 is 0 Å². The molecule has 1 aliphatic rings. The van der Waals surface area contributed by atoms with Gasteiger partial charge in [-0.05, 0) is 34.9 Å². The highest BCUT2D eigenvalue weighted by Crippen LogP contribution is 2.26. The molecule has 0 spiro atoms. The van der Waals surface area contributed by atoms with Gasteiger partial charge in [0.05, 0.1) is 25.3 Å². The first-order valence-corrected chi connectivity index (χ1v) is 13.3. The van der Waals surface area contributed by atoms with Crippen LogP contribution in [0.1, 0.15) is 55.6 Å². The first-order valence-electron chi connectivity index (χ1n) is 11.4. The monoisotopic (exact) mass is 490 g/mol. The van der Waals surface area contributed by atoms with E-state index in [1.54, 1.807) is 11.9 Å². The van der Waals surface area contributed by atoms with Crippen LogP contribution in [-0.4, -0.2) is 65.2 Å². The number of likely N-dealkylation sites (N-methyl/N-ethyl adjacent to an activating group) is 1. The highest BCUT2D eigenvalue weighted by atomic mass is 32.2. The van der Waals surface area contributed by atoms with Gasteiger partial charge in [0.2, 0.25) is 27.8 Å². The molecule has 2 heterocycles. The summed E-state index contributed by atoms with van der Waals surface area (Å²) in [4.78, 5) is 26.7. The van der Waals surface area contributed by atoms with Crippen LogP contribution in [-0.2, 0) is 34.2 Å². The number of hydrogen-bond acceptors (Lipinski definition) is 8. The first-order chi connectivity index (χ1) is 15.9. The Balaban J connectivity index is 1.85. The third-order valence-electron chi connectivity index (χ3n) is 5.73. The van der Waals surface area contributed by atoms with E-state index in [-0.39, 0.29) is 36.4 Å². The van der Waals surface area contributed by atoms with Crippen molar-refractivity contribution in [3.05, 3.63) is 40.7 Å². The van der Waals surface area contributed by atoms with Gasteiger partial charge in [-0.25, -0.2) is 8.42 Å². The summed E-state index contributed by atoms with van der Waals surface area (Å²) in [6, 6.07) is 5.87. The molecule has 1 amide bonds. The van der Waals surface area contributed by atoms with Crippen LogP contribution in [0.3, 0.4) is 0 Å². The molecule has 34 heavy (non-hydrogen) atoms. The van der Waals surface area contributed by atoms with Crippen LogP contribution >= 0.6 is 0 Å². The van der Waals surface area contributed by atoms with E-state index in [0.717, 1.165) is 22.9 Å². The third kappa shape index (κ3) is 7.10. The minimum atomic E-state index is -3.58. The van der Waals surface area contributed by atoms with Crippen LogP contribution in [0.2, 0.25) is 0 Å². The van der Waals surface area contributed by atoms with Crippen molar-refractivity contribution in [2.24, 2.45) is 5.92 Å². The van der Waals surface area contributed by atoms with Crippen molar-refractivity contribution in [2.45, 2.75) is 58.5 Å². The number of amides is 1. The summed E-state index contributed by atoms with van der Waals surface area (Å²) in [5, 5.41) is 12.8. The summed E-state index contributed by atoms with van der Waals surface area (Å²) >= 11 is 0. The second-order valence-electron chi connectivity index (χ2n) is 9.49. The Hall–Kier alpha value is -2.79. The van der Waals surface area contributed by atoms with E-state index in [4.69, 9.17) is 0 Å². The molecule has 0 saturated heterocycles. The van der Waals surface area contributed by atoms with Crippen LogP contribution in [0.5, 0.6) is 0 Å². The Kier molecular flexibility index (Phi) is 8.09. The van der Waals surface area contributed by atoms with Gasteiger partial charge in [-0.2, -0.15) is 15.0 Å². The average Bonchev–Trinajstić information content (AvgIpc) is 2.72. The molecule has 0 radical (unpaired) electrons. The zero-order valence-electron chi connectivity index (χ0n) is 20.4. The van der Waals surface area contributed by atoms with Gasteiger partial charge in [0.1, 0.15) is 5.82 Å². The average molecular weight is 491 g/mol. The quantitative estimate of drug-likeness (QED) is 0.459. The molecule has 2 unspecified atom stereocenters. The Morgan fingerprint density at radius 3 is 2.47 bits per heavy atom. The number of sulfonamides is 1. The minimum absolute atomic E-state index is 0.0406. The fourth-order valence-corrected chi connectivity index (χ4v) is 4.45. The fraction of sp³-hybridized carbons (Fsp3) is 0.565. The molecule has 1 aliphatic heterocycles. The molecule has 10 nitrogen and oxygen atoms in total. The Morgan fingerprint density at radius 2 is 1.82 bits per heavy atom. The Bertz CT molecular complexity index is 1140. The number of aliphatic hydroxyl groups excluding tert-OH is 1. The molecule has 3 N–H and O–H groups in total. The van der Waals surface area contributed by atoms with E-state index in [0.29, 0.717) is 37.5 Å². The minimum Gasteiger partial charge on any atom is -0.394 e. The van der Waals surface area contributed by atoms with Crippen molar-refractivity contribution in [1.29, 1.82) is 0 Å². The van der Waals surface area contributed by atoms with E-state index in [1.807, 2.05) is 26.0 Å². The number of aromatic nitrogens is 3. The number of carbonyl (C=O) groups is 1. The van der Waals surface area contributed by atoms with E-state index in [1.165, 1.54) is 0 Å². The van der Waals surface area contributed by atoms with E-state index in [2.05, 4.69) is 38.0 Å². The van der Waals surface area contributed by atoms with Crippen molar-refractivity contribution < 1.29 is 18.3 Å². The number of nitrogens with zero attached hydrogens (tertiary/aromatic N) is 4. The number of aliphatic hydroxyl groups is 1. The Labute approximate surface area is 201 Å². The molecule has 0 saturated carbocycles. The van der Waals surface area contributed by atoms with Gasteiger partial charge < -0.3 is 15.3 Å². The molecule has 3 rings (SSSR count). The molecule has 11 heteroatoms. The summed E-state index contributed by atoms with van der Waals surface area (Å²) in [6.07, 6.45) is 2.61. The maximum Gasteiger partial charge on any atom is 0.241 e. The van der Waals surface area contributed by atoms with Gasteiger partial charge in [0.15, 0.2) is 0 Å². The zero-order valence-corrected chi connectivity index (χ0v) is 21.2. The smallest absolute Gasteiger partial charge is 0.241 e. The van der Waals surface area contributed by atoms with Crippen LogP contribution < -0.4 is 10.0 Å². The SMILES string of the molecule is CC(C)CC(CO)Nc1nc(CC(C)c2ccc3c(c2)CN(C)C(=O)C3)nc(NS(C)(=O)=O)n1. The van der Waals surface area contributed by atoms with Crippen molar-refractivity contribution >= 4 is 27.8 Å². The van der Waals surface area contributed by atoms with Crippen LogP contribution in [0.25, 0.3) is 0 Å². The second-order valence-corrected chi connectivity index (χ2v) is 11.2. The lowest BCUT2D eigenvalue weighted by Crippen LogP contribution is -2.32. The highest BCUT2D eigenvalue weighted by molar-refractivity contribution is 7.91. The van der Waals surface area contributed by atoms with Gasteiger partial charge in [-0.3, -0.25) is 9.52 Å². The molecule has 186 valence electrons. The summed E-state index contributed by atoms with van der Waals surface area (Å²) in [7, 11) is -1.77. The zero-order chi connectivity index (χ0) is 25.0. The number of fused-ring (bicyclic) bond motifs is 1. The number of benzene rings is 1. The summed E-state index contributed by atoms with van der Waals surface area (Å²) in [5.41, 5.74) is 3.26. The summed E-state index contributed by atoms with van der Waals surface area (Å²) in [6.45, 7) is 6.63. The first kappa shape index (κ1) is 25.8. The van der Waals surface area contributed by atoms with Crippen molar-refractivity contribution in [1.82, 2.24) is 19.9 Å². The molecule has 0 fully saturated rings. The van der Waals surface area contributed by atoms with Gasteiger partial charge in [0, 0.05) is 20.0 Å². The maximum atomic E-state index is 12.0. The van der Waals surface area contributed by atoms with Crippen molar-refractivity contribution in [3.63, 3.8) is 0 Å². The number of hydrogen-bond donors (Lipinski definition) is 3. The predicted octanol–water partition coefficient (Wildman–Crippen LogP) is 1.92. The van der Waals surface area contributed by atoms with Gasteiger partial charge in [-0.1, -0.05) is 39.0 Å². The predicted molar refractivity (Wildman–Crippen MR) is 131 cm³/mol. The normalized spacial score (nSPS) is 15.7. The summed E-state index contributed by atoms with van der Waals surface area (Å²) < 4.78 is 25.9. The number of anilines is 2. The van der Waals surface area contributed by atoms with Crippen LogP contribution in [0.4, 0.5) is 11.9 Å². The van der Waals surface area contributed by atoms with Gasteiger partial charge in [-0.15, -0.1) is 0 Å². The molecular weight excluding hydrogens is 456 g/mol. The topological polar surface area (TPSA) is 137 Å².